The summed E-state index contributed by atoms with van der Waals surface area (Å²) in [4.78, 5) is 28.0. The van der Waals surface area contributed by atoms with Crippen molar-refractivity contribution < 1.29 is 19.1 Å². The van der Waals surface area contributed by atoms with Gasteiger partial charge in [0.15, 0.2) is 5.84 Å². The third-order valence-electron chi connectivity index (χ3n) is 4.05. The summed E-state index contributed by atoms with van der Waals surface area (Å²) in [5, 5.41) is 18.3. The minimum Gasteiger partial charge on any atom is -0.491 e. The average molecular weight is 476 g/mol. The van der Waals surface area contributed by atoms with Gasteiger partial charge in [0.05, 0.1) is 24.5 Å². The Morgan fingerprint density at radius 3 is 2.73 bits per heavy atom. The molecule has 1 aromatic heterocycles. The molecule has 0 bridgehead atoms. The monoisotopic (exact) mass is 475 g/mol. The molecule has 0 aliphatic rings. The van der Waals surface area contributed by atoms with Crippen molar-refractivity contribution in [2.24, 2.45) is 0 Å². The molecule has 10 heteroatoms. The Labute approximate surface area is 182 Å². The number of halogens is 1. The second kappa shape index (κ2) is 11.7. The predicted octanol–water partition coefficient (Wildman–Crippen LogP) is 3.29. The molecular formula is C20H22BrN5O4. The number of carbonyl (C=O) groups excluding carboxylic acids is 2. The van der Waals surface area contributed by atoms with Gasteiger partial charge in [-0.1, -0.05) is 12.1 Å². The Balaban J connectivity index is 1.90. The van der Waals surface area contributed by atoms with Crippen LogP contribution in [0.15, 0.2) is 40.9 Å². The quantitative estimate of drug-likeness (QED) is 0.150. The maximum absolute atomic E-state index is 11.9. The summed E-state index contributed by atoms with van der Waals surface area (Å²) >= 11 is 3.38. The van der Waals surface area contributed by atoms with E-state index in [-0.39, 0.29) is 5.84 Å². The molecule has 2 rings (SSSR count). The zero-order chi connectivity index (χ0) is 21.9. The maximum Gasteiger partial charge on any atom is 0.341 e. The van der Waals surface area contributed by atoms with Gasteiger partial charge in [-0.05, 0) is 53.0 Å². The van der Waals surface area contributed by atoms with Gasteiger partial charge in [0.25, 0.3) is 0 Å². The van der Waals surface area contributed by atoms with Crippen LogP contribution in [0.25, 0.3) is 0 Å². The van der Waals surface area contributed by atoms with Crippen molar-refractivity contribution in [3.05, 3.63) is 52.1 Å². The van der Waals surface area contributed by atoms with Crippen LogP contribution in [0.3, 0.4) is 0 Å². The van der Waals surface area contributed by atoms with Crippen molar-refractivity contribution in [3.8, 4) is 5.75 Å². The van der Waals surface area contributed by atoms with E-state index in [2.05, 4.69) is 26.2 Å². The number of carbonyl (C=O) groups is 2. The first-order valence-corrected chi connectivity index (χ1v) is 9.84. The van der Waals surface area contributed by atoms with Crippen LogP contribution in [0.2, 0.25) is 0 Å². The normalized spacial score (nSPS) is 10.1. The molecule has 0 fully saturated rings. The highest BCUT2D eigenvalue weighted by Gasteiger charge is 2.16. The van der Waals surface area contributed by atoms with Gasteiger partial charge in [0.2, 0.25) is 6.41 Å². The molecule has 0 aliphatic heterocycles. The molecule has 0 unspecified atom stereocenters. The molecule has 0 spiro atoms. The minimum absolute atomic E-state index is 0.0549. The standard InChI is InChI=1S/C20H22BrN5O4/c1-29-20(28)14-6-4-7-15(21)18(14)30-11-3-2-10-26(12-22)19(23)16-8-5-9-17(25-16)24-13-27/h4-9,12-13,22-23H,2-3,10-11H2,1H3,(H,24,25,27). The topological polar surface area (TPSA) is 128 Å². The van der Waals surface area contributed by atoms with Gasteiger partial charge in [-0.2, -0.15) is 0 Å². The largest absolute Gasteiger partial charge is 0.491 e. The number of ether oxygens (including phenoxy) is 2. The highest BCUT2D eigenvalue weighted by molar-refractivity contribution is 9.10. The molecule has 1 amide bonds. The van der Waals surface area contributed by atoms with Crippen LogP contribution < -0.4 is 10.1 Å². The van der Waals surface area contributed by atoms with Crippen molar-refractivity contribution in [1.82, 2.24) is 9.88 Å². The summed E-state index contributed by atoms with van der Waals surface area (Å²) in [6.07, 6.45) is 2.86. The number of nitrogens with zero attached hydrogens (tertiary/aromatic N) is 2. The van der Waals surface area contributed by atoms with Gasteiger partial charge in [0, 0.05) is 6.54 Å². The number of anilines is 1. The predicted molar refractivity (Wildman–Crippen MR) is 116 cm³/mol. The Morgan fingerprint density at radius 1 is 1.27 bits per heavy atom. The third kappa shape index (κ3) is 6.11. The first kappa shape index (κ1) is 23.0. The fourth-order valence-electron chi connectivity index (χ4n) is 2.58. The number of benzene rings is 1. The lowest BCUT2D eigenvalue weighted by atomic mass is 10.2. The molecule has 30 heavy (non-hydrogen) atoms. The molecule has 0 saturated carbocycles. The number of hydrogen-bond acceptors (Lipinski definition) is 7. The van der Waals surface area contributed by atoms with E-state index in [0.717, 1.165) is 6.34 Å². The van der Waals surface area contributed by atoms with Crippen LogP contribution >= 0.6 is 15.9 Å². The van der Waals surface area contributed by atoms with E-state index in [0.29, 0.717) is 59.7 Å². The van der Waals surface area contributed by atoms with Gasteiger partial charge in [-0.25, -0.2) is 9.78 Å². The highest BCUT2D eigenvalue weighted by atomic mass is 79.9. The molecule has 3 N–H and O–H groups in total. The number of amidine groups is 1. The van der Waals surface area contributed by atoms with Crippen LogP contribution in [0.4, 0.5) is 5.82 Å². The molecule has 0 atom stereocenters. The number of aromatic nitrogens is 1. The van der Waals surface area contributed by atoms with E-state index < -0.39 is 5.97 Å². The van der Waals surface area contributed by atoms with Crippen LogP contribution in [0.1, 0.15) is 28.9 Å². The number of unbranched alkanes of at least 4 members (excludes halogenated alkanes) is 1. The zero-order valence-corrected chi connectivity index (χ0v) is 17.9. The SMILES string of the molecule is COC(=O)c1cccc(Br)c1OCCCCN(C=N)C(=N)c1cccc(NC=O)n1. The average Bonchev–Trinajstić information content (AvgIpc) is 2.76. The van der Waals surface area contributed by atoms with Gasteiger partial charge in [-0.3, -0.25) is 15.6 Å². The Bertz CT molecular complexity index is 922. The van der Waals surface area contributed by atoms with Gasteiger partial charge in [0.1, 0.15) is 22.8 Å². The third-order valence-corrected chi connectivity index (χ3v) is 4.68. The zero-order valence-electron chi connectivity index (χ0n) is 16.4. The number of rotatable bonds is 11. The number of esters is 1. The number of hydrogen-bond donors (Lipinski definition) is 3. The molecule has 1 aromatic carbocycles. The molecule has 0 radical (unpaired) electrons. The van der Waals surface area contributed by atoms with Gasteiger partial charge in [-0.15, -0.1) is 0 Å². The first-order valence-electron chi connectivity index (χ1n) is 9.04. The van der Waals surface area contributed by atoms with Gasteiger partial charge >= 0.3 is 5.97 Å². The highest BCUT2D eigenvalue weighted by Crippen LogP contribution is 2.29. The van der Waals surface area contributed by atoms with Crippen molar-refractivity contribution in [1.29, 1.82) is 10.8 Å². The summed E-state index contributed by atoms with van der Waals surface area (Å²) in [6, 6.07) is 10.1. The Morgan fingerprint density at radius 2 is 2.03 bits per heavy atom. The number of amides is 1. The fraction of sp³-hybridized carbons (Fsp3) is 0.250. The van der Waals surface area contributed by atoms with Crippen LogP contribution in [0.5, 0.6) is 5.75 Å². The molecule has 0 saturated heterocycles. The molecule has 1 heterocycles. The summed E-state index contributed by atoms with van der Waals surface area (Å²) in [5.74, 6) is 0.331. The maximum atomic E-state index is 11.9. The number of pyridine rings is 1. The smallest absolute Gasteiger partial charge is 0.341 e. The van der Waals surface area contributed by atoms with E-state index in [9.17, 15) is 9.59 Å². The Hall–Kier alpha value is -3.27. The lowest BCUT2D eigenvalue weighted by Gasteiger charge is -2.19. The molecule has 0 aliphatic carbocycles. The van der Waals surface area contributed by atoms with Crippen molar-refractivity contribution in [2.75, 3.05) is 25.6 Å². The Kier molecular flexibility index (Phi) is 8.95. The van der Waals surface area contributed by atoms with E-state index >= 15 is 0 Å². The van der Waals surface area contributed by atoms with Crippen molar-refractivity contribution >= 4 is 46.3 Å². The first-order chi connectivity index (χ1) is 14.5. The van der Waals surface area contributed by atoms with E-state index in [4.69, 9.17) is 20.3 Å². The number of para-hydroxylation sites is 1. The van der Waals surface area contributed by atoms with E-state index in [1.165, 1.54) is 12.0 Å². The summed E-state index contributed by atoms with van der Waals surface area (Å²) in [7, 11) is 1.31. The number of nitrogens with one attached hydrogen (secondary N) is 3. The molecular weight excluding hydrogens is 454 g/mol. The fourth-order valence-corrected chi connectivity index (χ4v) is 3.06. The molecule has 9 nitrogen and oxygen atoms in total. The number of methoxy groups -OCH3 is 1. The van der Waals surface area contributed by atoms with Gasteiger partial charge < -0.3 is 19.7 Å². The lowest BCUT2D eigenvalue weighted by Crippen LogP contribution is -2.31. The van der Waals surface area contributed by atoms with E-state index in [1.807, 2.05) is 0 Å². The lowest BCUT2D eigenvalue weighted by molar-refractivity contribution is -0.105. The van der Waals surface area contributed by atoms with Crippen molar-refractivity contribution in [2.45, 2.75) is 12.8 Å². The summed E-state index contributed by atoms with van der Waals surface area (Å²) in [6.45, 7) is 0.765. The van der Waals surface area contributed by atoms with Crippen LogP contribution in [0, 0.1) is 10.8 Å². The second-order valence-electron chi connectivity index (χ2n) is 6.01. The summed E-state index contributed by atoms with van der Waals surface area (Å²) in [5.41, 5.74) is 0.683. The second-order valence-corrected chi connectivity index (χ2v) is 6.86. The van der Waals surface area contributed by atoms with Crippen LogP contribution in [-0.4, -0.2) is 54.7 Å². The van der Waals surface area contributed by atoms with Crippen LogP contribution in [-0.2, 0) is 9.53 Å². The van der Waals surface area contributed by atoms with Crippen molar-refractivity contribution in [3.63, 3.8) is 0 Å². The summed E-state index contributed by atoms with van der Waals surface area (Å²) < 4.78 is 11.2. The van der Waals surface area contributed by atoms with E-state index in [1.54, 1.807) is 36.4 Å². The molecule has 158 valence electrons. The minimum atomic E-state index is -0.478. The molecule has 2 aromatic rings.